The molecule has 4 heteroatoms. The number of ether oxygens (including phenoxy) is 1. The van der Waals surface area contributed by atoms with Crippen LogP contribution < -0.4 is 5.73 Å². The van der Waals surface area contributed by atoms with E-state index in [4.69, 9.17) is 5.73 Å². The minimum atomic E-state index is -0.424. The molecule has 0 saturated heterocycles. The van der Waals surface area contributed by atoms with Crippen molar-refractivity contribution in [3.8, 4) is 0 Å². The van der Waals surface area contributed by atoms with Gasteiger partial charge in [0, 0.05) is 12.7 Å². The average Bonchev–Trinajstić information content (AvgIpc) is 2.16. The Morgan fingerprint density at radius 1 is 1.69 bits per heavy atom. The van der Waals surface area contributed by atoms with E-state index in [9.17, 15) is 4.79 Å². The van der Waals surface area contributed by atoms with Crippen LogP contribution in [0.1, 0.15) is 21.6 Å². The molecule has 0 bridgehead atoms. The Labute approximate surface area is 76.7 Å². The highest BCUT2D eigenvalue weighted by Gasteiger charge is 2.07. The van der Waals surface area contributed by atoms with Crippen LogP contribution in [-0.4, -0.2) is 18.1 Å². The number of aromatic nitrogens is 1. The molecule has 1 aromatic heterocycles. The van der Waals surface area contributed by atoms with Crippen molar-refractivity contribution < 1.29 is 9.53 Å². The molecule has 0 amide bonds. The van der Waals surface area contributed by atoms with E-state index in [0.717, 1.165) is 11.1 Å². The number of carbonyl (C=O) groups excluding carboxylic acids is 1. The Morgan fingerprint density at radius 2 is 2.38 bits per heavy atom. The van der Waals surface area contributed by atoms with Gasteiger partial charge in [-0.1, -0.05) is 0 Å². The fourth-order valence-electron chi connectivity index (χ4n) is 1.01. The first kappa shape index (κ1) is 9.67. The molecule has 1 heterocycles. The van der Waals surface area contributed by atoms with Gasteiger partial charge in [-0.05, 0) is 24.1 Å². The van der Waals surface area contributed by atoms with E-state index in [1.54, 1.807) is 12.3 Å². The standard InChI is InChI=1S/C9H12N2O2/c1-6-3-8(9(12)13-2)11-5-7(6)4-10/h3,5H,4,10H2,1-2H3. The van der Waals surface area contributed by atoms with Crippen LogP contribution in [0.25, 0.3) is 0 Å². The highest BCUT2D eigenvalue weighted by atomic mass is 16.5. The van der Waals surface area contributed by atoms with E-state index in [1.165, 1.54) is 7.11 Å². The average molecular weight is 180 g/mol. The third kappa shape index (κ3) is 2.03. The Hall–Kier alpha value is -1.42. The zero-order valence-electron chi connectivity index (χ0n) is 7.70. The number of nitrogens with two attached hydrogens (primary N) is 1. The predicted octanol–water partition coefficient (Wildman–Crippen LogP) is 0.635. The van der Waals surface area contributed by atoms with Gasteiger partial charge >= 0.3 is 5.97 Å². The molecular formula is C9H12N2O2. The van der Waals surface area contributed by atoms with E-state index in [1.807, 2.05) is 6.92 Å². The zero-order valence-corrected chi connectivity index (χ0v) is 7.70. The highest BCUT2D eigenvalue weighted by molar-refractivity contribution is 5.87. The minimum Gasteiger partial charge on any atom is -0.464 e. The van der Waals surface area contributed by atoms with Gasteiger partial charge in [-0.25, -0.2) is 9.78 Å². The van der Waals surface area contributed by atoms with Gasteiger partial charge in [-0.2, -0.15) is 0 Å². The Kier molecular flexibility index (Phi) is 2.97. The lowest BCUT2D eigenvalue weighted by Crippen LogP contribution is -2.07. The largest absolute Gasteiger partial charge is 0.464 e. The Balaban J connectivity index is 3.02. The molecular weight excluding hydrogens is 168 g/mol. The van der Waals surface area contributed by atoms with Crippen LogP contribution in [0.2, 0.25) is 0 Å². The van der Waals surface area contributed by atoms with Crippen LogP contribution in [0.5, 0.6) is 0 Å². The number of aryl methyl sites for hydroxylation is 1. The summed E-state index contributed by atoms with van der Waals surface area (Å²) in [6, 6.07) is 1.67. The molecule has 70 valence electrons. The zero-order chi connectivity index (χ0) is 9.84. The number of hydrogen-bond donors (Lipinski definition) is 1. The summed E-state index contributed by atoms with van der Waals surface area (Å²) in [7, 11) is 1.33. The summed E-state index contributed by atoms with van der Waals surface area (Å²) in [5.74, 6) is -0.424. The molecule has 0 radical (unpaired) electrons. The van der Waals surface area contributed by atoms with Crippen LogP contribution in [0, 0.1) is 6.92 Å². The highest BCUT2D eigenvalue weighted by Crippen LogP contribution is 2.07. The van der Waals surface area contributed by atoms with Gasteiger partial charge in [0.2, 0.25) is 0 Å². The summed E-state index contributed by atoms with van der Waals surface area (Å²) in [6.07, 6.45) is 1.60. The fraction of sp³-hybridized carbons (Fsp3) is 0.333. The van der Waals surface area contributed by atoms with E-state index < -0.39 is 5.97 Å². The van der Waals surface area contributed by atoms with E-state index in [-0.39, 0.29) is 0 Å². The fourth-order valence-corrected chi connectivity index (χ4v) is 1.01. The quantitative estimate of drug-likeness (QED) is 0.678. The van der Waals surface area contributed by atoms with Gasteiger partial charge in [0.1, 0.15) is 5.69 Å². The number of rotatable bonds is 2. The molecule has 0 unspecified atom stereocenters. The molecule has 0 saturated carbocycles. The van der Waals surface area contributed by atoms with Gasteiger partial charge in [-0.3, -0.25) is 0 Å². The Morgan fingerprint density at radius 3 is 2.85 bits per heavy atom. The number of nitrogens with zero attached hydrogens (tertiary/aromatic N) is 1. The summed E-state index contributed by atoms with van der Waals surface area (Å²) in [4.78, 5) is 15.0. The van der Waals surface area contributed by atoms with Crippen LogP contribution in [0.3, 0.4) is 0 Å². The van der Waals surface area contributed by atoms with Crippen LogP contribution in [0.15, 0.2) is 12.3 Å². The second-order valence-corrected chi connectivity index (χ2v) is 2.69. The maximum Gasteiger partial charge on any atom is 0.356 e. The lowest BCUT2D eigenvalue weighted by molar-refractivity contribution is 0.0594. The second-order valence-electron chi connectivity index (χ2n) is 2.69. The Bertz CT molecular complexity index is 323. The van der Waals surface area contributed by atoms with Crippen molar-refractivity contribution in [2.75, 3.05) is 7.11 Å². The minimum absolute atomic E-state index is 0.317. The monoisotopic (exact) mass is 180 g/mol. The number of pyridine rings is 1. The number of hydrogen-bond acceptors (Lipinski definition) is 4. The molecule has 0 spiro atoms. The van der Waals surface area contributed by atoms with Gasteiger partial charge in [0.25, 0.3) is 0 Å². The van der Waals surface area contributed by atoms with Crippen LogP contribution >= 0.6 is 0 Å². The van der Waals surface area contributed by atoms with E-state index in [0.29, 0.717) is 12.2 Å². The van der Waals surface area contributed by atoms with Crippen LogP contribution in [0.4, 0.5) is 0 Å². The maximum atomic E-state index is 11.0. The molecule has 1 aromatic rings. The molecule has 0 aromatic carbocycles. The molecule has 4 nitrogen and oxygen atoms in total. The number of carbonyl (C=O) groups is 1. The SMILES string of the molecule is COC(=O)c1cc(C)c(CN)cn1. The summed E-state index contributed by atoms with van der Waals surface area (Å²) in [6.45, 7) is 2.32. The first-order chi connectivity index (χ1) is 6.19. The molecule has 0 fully saturated rings. The normalized spacial score (nSPS) is 9.77. The third-order valence-electron chi connectivity index (χ3n) is 1.83. The number of esters is 1. The lowest BCUT2D eigenvalue weighted by Gasteiger charge is -2.03. The smallest absolute Gasteiger partial charge is 0.356 e. The van der Waals surface area contributed by atoms with E-state index in [2.05, 4.69) is 9.72 Å². The summed E-state index contributed by atoms with van der Waals surface area (Å²) in [5.41, 5.74) is 7.66. The van der Waals surface area contributed by atoms with Crippen molar-refractivity contribution in [2.45, 2.75) is 13.5 Å². The topological polar surface area (TPSA) is 65.2 Å². The number of methoxy groups -OCH3 is 1. The van der Waals surface area contributed by atoms with Crippen molar-refractivity contribution >= 4 is 5.97 Å². The third-order valence-corrected chi connectivity index (χ3v) is 1.83. The van der Waals surface area contributed by atoms with Crippen molar-refractivity contribution in [1.29, 1.82) is 0 Å². The molecule has 2 N–H and O–H groups in total. The van der Waals surface area contributed by atoms with Crippen molar-refractivity contribution in [3.63, 3.8) is 0 Å². The second kappa shape index (κ2) is 4.00. The van der Waals surface area contributed by atoms with Crippen LogP contribution in [-0.2, 0) is 11.3 Å². The summed E-state index contributed by atoms with van der Waals surface area (Å²) >= 11 is 0. The maximum absolute atomic E-state index is 11.0. The first-order valence-electron chi connectivity index (χ1n) is 3.93. The van der Waals surface area contributed by atoms with Crippen molar-refractivity contribution in [1.82, 2.24) is 4.98 Å². The molecule has 0 aliphatic carbocycles. The predicted molar refractivity (Wildman–Crippen MR) is 48.2 cm³/mol. The molecule has 0 aliphatic heterocycles. The summed E-state index contributed by atoms with van der Waals surface area (Å²) in [5, 5.41) is 0. The lowest BCUT2D eigenvalue weighted by atomic mass is 10.1. The van der Waals surface area contributed by atoms with Crippen molar-refractivity contribution in [3.05, 3.63) is 29.1 Å². The van der Waals surface area contributed by atoms with E-state index >= 15 is 0 Å². The van der Waals surface area contributed by atoms with Gasteiger partial charge < -0.3 is 10.5 Å². The molecule has 0 atom stereocenters. The van der Waals surface area contributed by atoms with Gasteiger partial charge in [-0.15, -0.1) is 0 Å². The van der Waals surface area contributed by atoms with Crippen molar-refractivity contribution in [2.24, 2.45) is 5.73 Å². The molecule has 13 heavy (non-hydrogen) atoms. The first-order valence-corrected chi connectivity index (χ1v) is 3.93. The molecule has 0 aliphatic rings. The molecule has 1 rings (SSSR count). The van der Waals surface area contributed by atoms with Gasteiger partial charge in [0.05, 0.1) is 7.11 Å². The van der Waals surface area contributed by atoms with Gasteiger partial charge in [0.15, 0.2) is 0 Å². The summed E-state index contributed by atoms with van der Waals surface area (Å²) < 4.78 is 4.53.